The second kappa shape index (κ2) is 28.8. The molecule has 0 bridgehead atoms. The summed E-state index contributed by atoms with van der Waals surface area (Å²) < 4.78 is 172. The third-order valence-corrected chi connectivity index (χ3v) is 23.0. The Morgan fingerprint density at radius 1 is 0.484 bits per heavy atom. The van der Waals surface area contributed by atoms with Crippen molar-refractivity contribution in [2.45, 2.75) is 74.0 Å². The van der Waals surface area contributed by atoms with Crippen LogP contribution in [0.5, 0.6) is 0 Å². The lowest BCUT2D eigenvalue weighted by Crippen LogP contribution is -2.33. The van der Waals surface area contributed by atoms with E-state index in [0.717, 1.165) is 17.2 Å². The van der Waals surface area contributed by atoms with E-state index < -0.39 is 158 Å². The fraction of sp³-hybridized carbons (Fsp3) is 0.516. The van der Waals surface area contributed by atoms with Gasteiger partial charge in [0.05, 0.1) is 51.2 Å². The summed E-state index contributed by atoms with van der Waals surface area (Å²) in [5.74, 6) is 0.128. The van der Waals surface area contributed by atoms with Crippen LogP contribution in [0.4, 0.5) is 16.0 Å². The third-order valence-electron chi connectivity index (χ3n) is 11.6. The molecule has 17 atom stereocenters. The normalized spacial score (nSPS) is 27.7. The number of nitrogens with one attached hydrogen (secondary N) is 1. The summed E-state index contributed by atoms with van der Waals surface area (Å²) in [5.41, 5.74) is 12.4. The average Bonchev–Trinajstić information content (AvgIpc) is 1.64. The molecule has 0 amide bonds. The van der Waals surface area contributed by atoms with Crippen LogP contribution < -0.4 is 17.0 Å². The number of phosphoric acid groups is 9. The van der Waals surface area contributed by atoms with Crippen molar-refractivity contribution < 1.29 is 178 Å². The van der Waals surface area contributed by atoms with Gasteiger partial charge in [-0.1, -0.05) is 0 Å². The maximum Gasteiger partial charge on any atom is 0.490 e. The van der Waals surface area contributed by atoms with Crippen LogP contribution in [0.15, 0.2) is 38.0 Å². The molecular formula is C31H49FN15O37P9. The monoisotopic (exact) mass is 1520 g/mol. The van der Waals surface area contributed by atoms with Crippen molar-refractivity contribution in [3.8, 4) is 0 Å². The van der Waals surface area contributed by atoms with Crippen LogP contribution in [-0.4, -0.2) is 206 Å². The van der Waals surface area contributed by atoms with E-state index in [1.807, 2.05) is 0 Å². The fourth-order valence-corrected chi connectivity index (χ4v) is 17.0. The van der Waals surface area contributed by atoms with E-state index in [9.17, 15) is 80.6 Å². The predicted molar refractivity (Wildman–Crippen MR) is 287 cm³/mol. The highest BCUT2D eigenvalue weighted by molar-refractivity contribution is 7.67. The van der Waals surface area contributed by atoms with E-state index in [2.05, 4.69) is 79.3 Å². The third kappa shape index (κ3) is 20.5. The molecule has 3 aliphatic rings. The number of hydrogen-bond acceptors (Lipinski definition) is 36. The number of rotatable bonds is 24. The minimum atomic E-state index is -5.73. The van der Waals surface area contributed by atoms with Crippen molar-refractivity contribution in [3.63, 3.8) is 0 Å². The highest BCUT2D eigenvalue weighted by Gasteiger charge is 2.50. The van der Waals surface area contributed by atoms with Crippen molar-refractivity contribution in [3.05, 3.63) is 43.5 Å². The van der Waals surface area contributed by atoms with Crippen LogP contribution in [-0.2, 0) is 102 Å². The first kappa shape index (κ1) is 76.3. The molecule has 3 fully saturated rings. The van der Waals surface area contributed by atoms with Crippen molar-refractivity contribution in [1.82, 2.24) is 58.1 Å². The van der Waals surface area contributed by atoms with E-state index in [-0.39, 0.29) is 45.9 Å². The zero-order valence-electron chi connectivity index (χ0n) is 45.3. The Labute approximate surface area is 511 Å². The Morgan fingerprint density at radius 2 is 0.860 bits per heavy atom. The van der Waals surface area contributed by atoms with E-state index >= 15 is 0 Å². The van der Waals surface area contributed by atoms with E-state index in [1.54, 1.807) is 7.05 Å². The number of nitrogens with two attached hydrogens (primary N) is 2. The molecule has 0 aliphatic carbocycles. The van der Waals surface area contributed by atoms with Crippen LogP contribution in [0.25, 0.3) is 33.5 Å². The van der Waals surface area contributed by atoms with Gasteiger partial charge in [0.2, 0.25) is 0 Å². The molecule has 21 N–H and O–H groups in total. The molecule has 62 heteroatoms. The van der Waals surface area contributed by atoms with Crippen LogP contribution in [0.2, 0.25) is 0 Å². The van der Waals surface area contributed by atoms with Gasteiger partial charge in [-0.25, -0.2) is 85.3 Å². The maximum atomic E-state index is 14.6. The summed E-state index contributed by atoms with van der Waals surface area (Å²) in [6, 6.07) is 0. The molecule has 93 heavy (non-hydrogen) atoms. The number of hydrogen-bond donors (Lipinski definition) is 19. The van der Waals surface area contributed by atoms with Crippen LogP contribution in [0, 0.1) is 5.41 Å². The first-order valence-corrected chi connectivity index (χ1v) is 37.6. The minimum Gasteiger partial charge on any atom is -0.390 e. The molecule has 3 aliphatic heterocycles. The molecule has 0 saturated carbocycles. The van der Waals surface area contributed by atoms with Gasteiger partial charge in [0.1, 0.15) is 72.1 Å². The number of fused-ring (bicyclic) bond motifs is 3. The molecule has 3 saturated heterocycles. The van der Waals surface area contributed by atoms with Gasteiger partial charge in [-0.05, 0) is 0 Å². The highest BCUT2D eigenvalue weighted by Crippen LogP contribution is 2.69. The molecule has 6 aromatic rings. The number of halogens is 1. The number of phosphoric ester groups is 3. The predicted octanol–water partition coefficient (Wildman–Crippen LogP) is -3.04. The van der Waals surface area contributed by atoms with Crippen LogP contribution in [0.3, 0.4) is 0 Å². The molecule has 17 unspecified atom stereocenters. The number of aromatic nitrogens is 12. The summed E-state index contributed by atoms with van der Waals surface area (Å²) in [6.45, 7) is -2.78. The van der Waals surface area contributed by atoms with E-state index in [0.29, 0.717) is 11.2 Å². The number of aryl methyl sites for hydroxylation is 1. The van der Waals surface area contributed by atoms with Crippen LogP contribution in [0.1, 0.15) is 25.1 Å². The molecule has 522 valence electrons. The Kier molecular flexibility index (Phi) is 23.6. The summed E-state index contributed by atoms with van der Waals surface area (Å²) in [4.78, 5) is 138. The molecule has 52 nitrogen and oxygen atoms in total. The second-order valence-corrected chi connectivity index (χ2v) is 31.6. The zero-order chi connectivity index (χ0) is 69.6. The molecular weight excluding hydrogens is 1470 g/mol. The van der Waals surface area contributed by atoms with Crippen LogP contribution >= 0.6 is 70.4 Å². The fourth-order valence-electron chi connectivity index (χ4n) is 7.95. The lowest BCUT2D eigenvalue weighted by atomic mass is 10.1. The number of ether oxygens (including phenoxy) is 3. The van der Waals surface area contributed by atoms with Crippen molar-refractivity contribution in [2.75, 3.05) is 31.3 Å². The van der Waals surface area contributed by atoms with Gasteiger partial charge in [-0.2, -0.15) is 25.9 Å². The van der Waals surface area contributed by atoms with Gasteiger partial charge >= 0.3 is 70.4 Å². The lowest BCUT2D eigenvalue weighted by Gasteiger charge is -2.19. The summed E-state index contributed by atoms with van der Waals surface area (Å²) in [5, 5.41) is 48.6. The largest absolute Gasteiger partial charge is 0.490 e. The lowest BCUT2D eigenvalue weighted by molar-refractivity contribution is -0.0503. The molecule has 0 aromatic carbocycles. The first-order valence-electron chi connectivity index (χ1n) is 24.0. The van der Waals surface area contributed by atoms with Gasteiger partial charge in [-0.3, -0.25) is 32.7 Å². The number of aliphatic hydroxyl groups excluding tert-OH is 4. The van der Waals surface area contributed by atoms with Crippen molar-refractivity contribution in [1.29, 1.82) is 5.41 Å². The van der Waals surface area contributed by atoms with Gasteiger partial charge in [-0.15, -0.1) is 0 Å². The molecule has 0 radical (unpaired) electrons. The minimum absolute atomic E-state index is 0.000206. The van der Waals surface area contributed by atoms with Crippen molar-refractivity contribution in [2.24, 2.45) is 7.05 Å². The number of nitrogen functional groups attached to an aromatic ring is 2. The Balaban J connectivity index is 0.000000198. The zero-order valence-corrected chi connectivity index (χ0v) is 53.3. The first-order chi connectivity index (χ1) is 42.6. The topological polar surface area (TPSA) is 787 Å². The Morgan fingerprint density at radius 3 is 1.31 bits per heavy atom. The van der Waals surface area contributed by atoms with Gasteiger partial charge in [0.15, 0.2) is 52.7 Å². The van der Waals surface area contributed by atoms with E-state index in [4.69, 9.17) is 75.1 Å². The SMILES string of the molecule is Cn1cnc2c(ncn2C2OC(COP(=O)(O)OP(=O)(O)OP(=O)(O)O)C(O)C2O)c1=N.Nc1ncnc2c1ncn2C1CC(O)C(COP(=O)(O)OP(=O)(O)OP(=O)(O)O)O1.Nc1ncnc2c1ncn2C1OC(COP(=O)(O)OP(=O)(O)OP(=O)(O)O)C(O)C1F. The van der Waals surface area contributed by atoms with Gasteiger partial charge in [0, 0.05) is 13.5 Å². The molecule has 6 aromatic heterocycles. The standard InChI is InChI=1S/C11H18N5O13P3.C10H15FN5O12P3.C10H16N5O12P3/c1-15-3-14-10-6(9(15)12)13-4-16(10)11-8(18)7(17)5(27-11)2-26-31(22,23)29-32(24,25)28-30(19,20)21;11-5-7(17)4(1-25-30(21,22)28-31(23,24)27-29(18,19)20)26-10(5)16-3-15-6-8(12)13-2-14-9(6)16;11-9-8-10(13-3-12-9)15(4-14-8)7-1-5(16)6(25-7)2-24-29(20,21)27-30(22,23)26-28(17,18)19/h3-5,7-8,11-12,17-18H,2H2,1H3,(H,22,23)(H,24,25)(H2,19,20,21);2-5,7,10,17H,1H2,(H,21,22)(H,23,24)(H2,12,13,14)(H2,18,19,20);3-7,16H,1-2H2,(H,20,21)(H,22,23)(H2,11,12,13)(H2,17,18,19). The quantitative estimate of drug-likeness (QED) is 0.0268. The number of aliphatic hydroxyl groups is 4. The maximum absolute atomic E-state index is 14.6. The number of nitrogens with zero attached hydrogens (tertiary/aromatic N) is 12. The Bertz CT molecular complexity index is 4220. The molecule has 9 heterocycles. The van der Waals surface area contributed by atoms with Gasteiger partial charge in [0.25, 0.3) is 0 Å². The Hall–Kier alpha value is -4.07. The molecule has 9 rings (SSSR count). The van der Waals surface area contributed by atoms with E-state index in [1.165, 1.54) is 39.0 Å². The van der Waals surface area contributed by atoms with Crippen molar-refractivity contribution >= 4 is 116 Å². The second-order valence-electron chi connectivity index (χ2n) is 18.3. The number of alkyl halides is 1. The summed E-state index contributed by atoms with van der Waals surface area (Å²) in [6.07, 6.45) is -9.07. The number of imidazole rings is 3. The average molecular weight is 1520 g/mol. The smallest absolute Gasteiger partial charge is 0.390 e. The van der Waals surface area contributed by atoms with Gasteiger partial charge < -0.3 is 109 Å². The molecule has 0 spiro atoms. The summed E-state index contributed by atoms with van der Waals surface area (Å²) >= 11 is 0. The summed E-state index contributed by atoms with van der Waals surface area (Å²) in [7, 11) is -48.4. The highest BCUT2D eigenvalue weighted by atomic mass is 31.3. The number of anilines is 2.